The lowest BCUT2D eigenvalue weighted by atomic mass is 10.1. The van der Waals surface area contributed by atoms with Gasteiger partial charge < -0.3 is 15.5 Å². The van der Waals surface area contributed by atoms with Crippen LogP contribution in [-0.4, -0.2) is 49.4 Å². The van der Waals surface area contributed by atoms with Crippen molar-refractivity contribution < 1.29 is 9.59 Å². The Bertz CT molecular complexity index is 717. The predicted octanol–water partition coefficient (Wildman–Crippen LogP) is 2.48. The maximum Gasteiger partial charge on any atom is 0.251 e. The summed E-state index contributed by atoms with van der Waals surface area (Å²) in [5.41, 5.74) is 1.84. The van der Waals surface area contributed by atoms with Crippen molar-refractivity contribution in [3.05, 3.63) is 71.8 Å². The number of rotatable bonds is 9. The first-order chi connectivity index (χ1) is 13.0. The number of likely N-dealkylation sites (N-methyl/N-ethyl adjacent to an activating group) is 1. The van der Waals surface area contributed by atoms with E-state index in [0.29, 0.717) is 12.1 Å². The van der Waals surface area contributed by atoms with Gasteiger partial charge in [0.2, 0.25) is 5.91 Å². The molecule has 2 rings (SSSR count). The maximum absolute atomic E-state index is 12.3. The van der Waals surface area contributed by atoms with Gasteiger partial charge in [0, 0.05) is 30.6 Å². The molecule has 0 aliphatic heterocycles. The van der Waals surface area contributed by atoms with Crippen LogP contribution in [0.1, 0.15) is 29.3 Å². The Kier molecular flexibility index (Phi) is 8.01. The second-order valence-electron chi connectivity index (χ2n) is 7.06. The zero-order chi connectivity index (χ0) is 19.6. The molecular formula is C22H29N3O2. The van der Waals surface area contributed by atoms with Crippen molar-refractivity contribution in [2.75, 3.05) is 20.6 Å². The summed E-state index contributed by atoms with van der Waals surface area (Å²) in [6.45, 7) is 2.41. The Morgan fingerprint density at radius 3 is 2.15 bits per heavy atom. The number of nitrogens with one attached hydrogen (secondary N) is 2. The van der Waals surface area contributed by atoms with Gasteiger partial charge >= 0.3 is 0 Å². The summed E-state index contributed by atoms with van der Waals surface area (Å²) in [6, 6.07) is 19.2. The zero-order valence-corrected chi connectivity index (χ0v) is 16.3. The number of benzene rings is 2. The summed E-state index contributed by atoms with van der Waals surface area (Å²) in [5.74, 6) is -0.220. The Morgan fingerprint density at radius 2 is 1.56 bits per heavy atom. The lowest BCUT2D eigenvalue weighted by Gasteiger charge is -2.25. The molecule has 0 aliphatic carbocycles. The van der Waals surface area contributed by atoms with Crippen LogP contribution < -0.4 is 10.6 Å². The average Bonchev–Trinajstić information content (AvgIpc) is 2.66. The van der Waals surface area contributed by atoms with Gasteiger partial charge in [-0.1, -0.05) is 48.5 Å². The van der Waals surface area contributed by atoms with Crippen LogP contribution in [0.3, 0.4) is 0 Å². The van der Waals surface area contributed by atoms with Gasteiger partial charge in [-0.2, -0.15) is 0 Å². The van der Waals surface area contributed by atoms with Gasteiger partial charge in [0.05, 0.1) is 0 Å². The molecule has 0 heterocycles. The molecule has 0 aromatic heterocycles. The Hall–Kier alpha value is -2.66. The van der Waals surface area contributed by atoms with Crippen LogP contribution in [0.5, 0.6) is 0 Å². The van der Waals surface area contributed by atoms with Crippen molar-refractivity contribution in [2.24, 2.45) is 0 Å². The van der Waals surface area contributed by atoms with E-state index >= 15 is 0 Å². The molecule has 0 saturated carbocycles. The fourth-order valence-electron chi connectivity index (χ4n) is 2.85. The number of hydrogen-bond acceptors (Lipinski definition) is 3. The minimum Gasteiger partial charge on any atom is -0.354 e. The van der Waals surface area contributed by atoms with Gasteiger partial charge in [-0.3, -0.25) is 9.59 Å². The molecule has 2 amide bonds. The van der Waals surface area contributed by atoms with Crippen LogP contribution in [0.15, 0.2) is 60.7 Å². The first kappa shape index (κ1) is 20.6. The maximum atomic E-state index is 12.3. The summed E-state index contributed by atoms with van der Waals surface area (Å²) in [7, 11) is 4.03. The summed E-state index contributed by atoms with van der Waals surface area (Å²) in [5, 5.41) is 5.86. The smallest absolute Gasteiger partial charge is 0.251 e. The fourth-order valence-corrected chi connectivity index (χ4v) is 2.85. The predicted molar refractivity (Wildman–Crippen MR) is 109 cm³/mol. The molecule has 5 nitrogen and oxygen atoms in total. The van der Waals surface area contributed by atoms with Gasteiger partial charge in [0.25, 0.3) is 5.91 Å². The van der Waals surface area contributed by atoms with Crippen molar-refractivity contribution in [3.63, 3.8) is 0 Å². The second kappa shape index (κ2) is 10.5. The quantitative estimate of drug-likeness (QED) is 0.716. The third kappa shape index (κ3) is 7.23. The van der Waals surface area contributed by atoms with Crippen molar-refractivity contribution in [1.82, 2.24) is 15.5 Å². The molecule has 0 aliphatic rings. The van der Waals surface area contributed by atoms with Crippen LogP contribution >= 0.6 is 0 Å². The average molecular weight is 367 g/mol. The van der Waals surface area contributed by atoms with E-state index in [2.05, 4.69) is 27.7 Å². The molecule has 2 N–H and O–H groups in total. The monoisotopic (exact) mass is 367 g/mol. The highest BCUT2D eigenvalue weighted by atomic mass is 16.2. The molecule has 2 unspecified atom stereocenters. The van der Waals surface area contributed by atoms with Crippen LogP contribution in [0.4, 0.5) is 0 Å². The van der Waals surface area contributed by atoms with E-state index in [1.165, 1.54) is 5.56 Å². The topological polar surface area (TPSA) is 61.4 Å². The highest BCUT2D eigenvalue weighted by Gasteiger charge is 2.16. The third-order valence-corrected chi connectivity index (χ3v) is 4.48. The molecule has 2 aromatic rings. The Balaban J connectivity index is 1.78. The second-order valence-corrected chi connectivity index (χ2v) is 7.06. The summed E-state index contributed by atoms with van der Waals surface area (Å²) >= 11 is 0. The van der Waals surface area contributed by atoms with Gasteiger partial charge in [-0.05, 0) is 45.1 Å². The SMILES string of the molecule is CC(CC(=O)NCC(Cc1ccccc1)N(C)C)NC(=O)c1ccccc1. The van der Waals surface area contributed by atoms with Crippen LogP contribution in [-0.2, 0) is 11.2 Å². The van der Waals surface area contributed by atoms with Crippen LogP contribution in [0.2, 0.25) is 0 Å². The molecular weight excluding hydrogens is 338 g/mol. The zero-order valence-electron chi connectivity index (χ0n) is 16.3. The third-order valence-electron chi connectivity index (χ3n) is 4.48. The van der Waals surface area contributed by atoms with Gasteiger partial charge in [0.1, 0.15) is 0 Å². The van der Waals surface area contributed by atoms with E-state index in [0.717, 1.165) is 6.42 Å². The van der Waals surface area contributed by atoms with Crippen LogP contribution in [0.25, 0.3) is 0 Å². The van der Waals surface area contributed by atoms with Crippen molar-refractivity contribution in [3.8, 4) is 0 Å². The van der Waals surface area contributed by atoms with E-state index in [4.69, 9.17) is 0 Å². The Morgan fingerprint density at radius 1 is 0.963 bits per heavy atom. The molecule has 0 bridgehead atoms. The normalized spacial score (nSPS) is 13.0. The molecule has 5 heteroatoms. The van der Waals surface area contributed by atoms with Gasteiger partial charge in [-0.15, -0.1) is 0 Å². The summed E-state index contributed by atoms with van der Waals surface area (Å²) in [6.07, 6.45) is 1.12. The van der Waals surface area contributed by atoms with Crippen molar-refractivity contribution >= 4 is 11.8 Å². The number of carbonyl (C=O) groups excluding carboxylic acids is 2. The molecule has 144 valence electrons. The molecule has 0 saturated heterocycles. The lowest BCUT2D eigenvalue weighted by molar-refractivity contribution is -0.121. The number of nitrogens with zero attached hydrogens (tertiary/aromatic N) is 1. The first-order valence-electron chi connectivity index (χ1n) is 9.28. The van der Waals surface area contributed by atoms with Gasteiger partial charge in [-0.25, -0.2) is 0 Å². The van der Waals surface area contributed by atoms with E-state index in [1.807, 2.05) is 57.4 Å². The number of carbonyl (C=O) groups is 2. The molecule has 2 atom stereocenters. The molecule has 0 fully saturated rings. The minimum atomic E-state index is -0.232. The molecule has 0 spiro atoms. The fraction of sp³-hybridized carbons (Fsp3) is 0.364. The number of hydrogen-bond donors (Lipinski definition) is 2. The molecule has 27 heavy (non-hydrogen) atoms. The van der Waals surface area contributed by atoms with E-state index in [9.17, 15) is 9.59 Å². The Labute approximate surface area is 161 Å². The van der Waals surface area contributed by atoms with Crippen molar-refractivity contribution in [2.45, 2.75) is 31.8 Å². The highest BCUT2D eigenvalue weighted by molar-refractivity contribution is 5.94. The standard InChI is InChI=1S/C22H29N3O2/c1-17(24-22(27)19-12-8-5-9-13-19)14-21(26)23-16-20(25(2)3)15-18-10-6-4-7-11-18/h4-13,17,20H,14-16H2,1-3H3,(H,23,26)(H,24,27). The summed E-state index contributed by atoms with van der Waals surface area (Å²) in [4.78, 5) is 26.5. The van der Waals surface area contributed by atoms with E-state index in [1.54, 1.807) is 12.1 Å². The van der Waals surface area contributed by atoms with E-state index in [-0.39, 0.29) is 30.3 Å². The van der Waals surface area contributed by atoms with E-state index < -0.39 is 0 Å². The number of amides is 2. The lowest BCUT2D eigenvalue weighted by Crippen LogP contribution is -2.43. The largest absolute Gasteiger partial charge is 0.354 e. The molecule has 0 radical (unpaired) electrons. The summed E-state index contributed by atoms with van der Waals surface area (Å²) < 4.78 is 0. The minimum absolute atomic E-state index is 0.0595. The molecule has 2 aromatic carbocycles. The van der Waals surface area contributed by atoms with Crippen molar-refractivity contribution in [1.29, 1.82) is 0 Å². The highest BCUT2D eigenvalue weighted by Crippen LogP contribution is 2.06. The first-order valence-corrected chi connectivity index (χ1v) is 9.28. The van der Waals surface area contributed by atoms with Gasteiger partial charge in [0.15, 0.2) is 0 Å². The van der Waals surface area contributed by atoms with Crippen LogP contribution in [0, 0.1) is 0 Å².